The Hall–Kier alpha value is -1.06. The van der Waals surface area contributed by atoms with E-state index in [1.165, 1.54) is 7.11 Å². The van der Waals surface area contributed by atoms with E-state index in [4.69, 9.17) is 0 Å². The van der Waals surface area contributed by atoms with E-state index in [2.05, 4.69) is 21.9 Å². The maximum absolute atomic E-state index is 10.7. The second-order valence-electron chi connectivity index (χ2n) is 1.70. The van der Waals surface area contributed by atoms with Crippen molar-refractivity contribution in [2.24, 2.45) is 4.99 Å². The number of carbonyl (C=O) groups is 2. The molecule has 0 spiro atoms. The van der Waals surface area contributed by atoms with E-state index in [9.17, 15) is 9.59 Å². The van der Waals surface area contributed by atoms with Gasteiger partial charge in [0.2, 0.25) is 0 Å². The molecule has 5 heteroatoms. The zero-order chi connectivity index (χ0) is 8.69. The van der Waals surface area contributed by atoms with Crippen LogP contribution in [0.3, 0.4) is 0 Å². The van der Waals surface area contributed by atoms with Gasteiger partial charge in [0.05, 0.1) is 12.3 Å². The summed E-state index contributed by atoms with van der Waals surface area (Å²) in [7, 11) is 1.22. The summed E-state index contributed by atoms with van der Waals surface area (Å²) in [6.07, 6.45) is -0.253. The maximum Gasteiger partial charge on any atom is 0.313 e. The highest BCUT2D eigenvalue weighted by atomic mass is 32.1. The van der Waals surface area contributed by atoms with Crippen molar-refractivity contribution >= 4 is 29.1 Å². The molecule has 0 aromatic heterocycles. The number of carbonyl (C=O) groups excluding carboxylic acids is 2. The Labute approximate surface area is 69.3 Å². The quantitative estimate of drug-likeness (QED) is 0.264. The Kier molecular flexibility index (Phi) is 5.15. The van der Waals surface area contributed by atoms with Crippen LogP contribution in [0.15, 0.2) is 4.99 Å². The summed E-state index contributed by atoms with van der Waals surface area (Å²) in [6, 6.07) is 0. The molecule has 0 radical (unpaired) electrons. The molecule has 0 saturated heterocycles. The summed E-state index contributed by atoms with van der Waals surface area (Å²) in [5.74, 6) is -0.885. The standard InChI is InChI=1S/C6H7NO3S/c1-10-6(9)2-5(8)3-7-4-11/h2-3H2,1H3. The van der Waals surface area contributed by atoms with Crippen molar-refractivity contribution in [3.63, 3.8) is 0 Å². The fourth-order valence-electron chi connectivity index (χ4n) is 0.410. The van der Waals surface area contributed by atoms with E-state index in [1.54, 1.807) is 0 Å². The van der Waals surface area contributed by atoms with Crippen molar-refractivity contribution in [3.05, 3.63) is 0 Å². The van der Waals surface area contributed by atoms with Gasteiger partial charge >= 0.3 is 5.97 Å². The molecule has 0 fully saturated rings. The van der Waals surface area contributed by atoms with E-state index in [1.807, 2.05) is 5.16 Å². The van der Waals surface area contributed by atoms with Crippen LogP contribution >= 0.6 is 12.2 Å². The van der Waals surface area contributed by atoms with E-state index >= 15 is 0 Å². The monoisotopic (exact) mass is 173 g/mol. The van der Waals surface area contributed by atoms with Crippen molar-refractivity contribution in [3.8, 4) is 0 Å². The Bertz CT molecular complexity index is 208. The van der Waals surface area contributed by atoms with Crippen molar-refractivity contribution in [2.75, 3.05) is 13.7 Å². The topological polar surface area (TPSA) is 55.7 Å². The molecule has 11 heavy (non-hydrogen) atoms. The molecule has 0 heterocycles. The molecule has 0 N–H and O–H groups in total. The van der Waals surface area contributed by atoms with E-state index < -0.39 is 5.97 Å². The molecule has 0 aliphatic heterocycles. The van der Waals surface area contributed by atoms with Crippen molar-refractivity contribution in [2.45, 2.75) is 6.42 Å². The van der Waals surface area contributed by atoms with E-state index in [-0.39, 0.29) is 18.7 Å². The van der Waals surface area contributed by atoms with Crippen molar-refractivity contribution < 1.29 is 14.3 Å². The third kappa shape index (κ3) is 5.39. The van der Waals surface area contributed by atoms with E-state index in [0.29, 0.717) is 0 Å². The predicted octanol–water partition coefficient (Wildman–Crippen LogP) is 0.221. The summed E-state index contributed by atoms with van der Waals surface area (Å²) in [6.45, 7) is -0.0986. The van der Waals surface area contributed by atoms with Crippen LogP contribution in [0.4, 0.5) is 0 Å². The molecule has 4 nitrogen and oxygen atoms in total. The van der Waals surface area contributed by atoms with Gasteiger partial charge in [0.25, 0.3) is 0 Å². The molecule has 0 atom stereocenters. The average Bonchev–Trinajstić information content (AvgIpc) is 2.00. The number of rotatable bonds is 4. The highest BCUT2D eigenvalue weighted by molar-refractivity contribution is 7.78. The third-order valence-electron chi connectivity index (χ3n) is 0.889. The highest BCUT2D eigenvalue weighted by Gasteiger charge is 2.07. The summed E-state index contributed by atoms with van der Waals surface area (Å²) < 4.78 is 4.25. The molecule has 0 bridgehead atoms. The van der Waals surface area contributed by atoms with Gasteiger partial charge in [-0.05, 0) is 12.2 Å². The zero-order valence-corrected chi connectivity index (χ0v) is 6.81. The minimum absolute atomic E-state index is 0.0986. The fraction of sp³-hybridized carbons (Fsp3) is 0.500. The molecule has 0 amide bonds. The number of aliphatic imine (C=N–C) groups is 1. The average molecular weight is 173 g/mol. The fourth-order valence-corrected chi connectivity index (χ4v) is 0.474. The first kappa shape index (κ1) is 9.94. The highest BCUT2D eigenvalue weighted by Crippen LogP contribution is 1.86. The molecule has 0 unspecified atom stereocenters. The lowest BCUT2D eigenvalue weighted by atomic mass is 10.3. The lowest BCUT2D eigenvalue weighted by Crippen LogP contribution is -2.11. The lowest BCUT2D eigenvalue weighted by molar-refractivity contribution is -0.143. The van der Waals surface area contributed by atoms with Gasteiger partial charge < -0.3 is 4.74 Å². The van der Waals surface area contributed by atoms with Gasteiger partial charge in [-0.1, -0.05) is 0 Å². The van der Waals surface area contributed by atoms with Gasteiger partial charge in [-0.25, -0.2) is 4.99 Å². The van der Waals surface area contributed by atoms with Crippen LogP contribution in [0, 0.1) is 0 Å². The van der Waals surface area contributed by atoms with Crippen LogP contribution in [0.1, 0.15) is 6.42 Å². The minimum Gasteiger partial charge on any atom is -0.469 e. The van der Waals surface area contributed by atoms with Crippen LogP contribution in [0.2, 0.25) is 0 Å². The first-order valence-corrected chi connectivity index (χ1v) is 3.23. The summed E-state index contributed by atoms with van der Waals surface area (Å²) in [5.41, 5.74) is 0. The Balaban J connectivity index is 3.69. The Morgan fingerprint density at radius 1 is 1.64 bits per heavy atom. The molecule has 0 aromatic carbocycles. The number of hydrogen-bond acceptors (Lipinski definition) is 5. The second kappa shape index (κ2) is 5.70. The number of isothiocyanates is 1. The van der Waals surface area contributed by atoms with Crippen LogP contribution in [0.25, 0.3) is 0 Å². The second-order valence-corrected chi connectivity index (χ2v) is 1.88. The number of methoxy groups -OCH3 is 1. The number of ether oxygens (including phenoxy) is 1. The molecule has 0 aliphatic carbocycles. The molecule has 0 aromatic rings. The summed E-state index contributed by atoms with van der Waals surface area (Å²) in [5, 5.41) is 2.03. The lowest BCUT2D eigenvalue weighted by Gasteiger charge is -1.93. The SMILES string of the molecule is COC(=O)CC(=O)CN=C=S. The van der Waals surface area contributed by atoms with E-state index in [0.717, 1.165) is 0 Å². The van der Waals surface area contributed by atoms with Crippen molar-refractivity contribution in [1.29, 1.82) is 0 Å². The minimum atomic E-state index is -0.561. The first-order chi connectivity index (χ1) is 5.20. The smallest absolute Gasteiger partial charge is 0.313 e. The van der Waals surface area contributed by atoms with Crippen LogP contribution in [0.5, 0.6) is 0 Å². The predicted molar refractivity (Wildman–Crippen MR) is 41.5 cm³/mol. The number of nitrogens with zero attached hydrogens (tertiary/aromatic N) is 1. The van der Waals surface area contributed by atoms with Gasteiger partial charge in [-0.2, -0.15) is 0 Å². The number of ketones is 1. The van der Waals surface area contributed by atoms with Gasteiger partial charge in [0, 0.05) is 0 Å². The van der Waals surface area contributed by atoms with Crippen LogP contribution < -0.4 is 0 Å². The normalized spacial score (nSPS) is 8.09. The number of esters is 1. The number of Topliss-reactive ketones (excluding diaryl/α,β-unsaturated/α-hetero) is 1. The Morgan fingerprint density at radius 3 is 2.73 bits per heavy atom. The van der Waals surface area contributed by atoms with Gasteiger partial charge in [-0.3, -0.25) is 9.59 Å². The zero-order valence-electron chi connectivity index (χ0n) is 5.99. The van der Waals surface area contributed by atoms with Crippen LogP contribution in [-0.4, -0.2) is 30.6 Å². The number of hydrogen-bond donors (Lipinski definition) is 0. The van der Waals surface area contributed by atoms with Crippen molar-refractivity contribution in [1.82, 2.24) is 0 Å². The van der Waals surface area contributed by atoms with Gasteiger partial charge in [-0.15, -0.1) is 0 Å². The van der Waals surface area contributed by atoms with Gasteiger partial charge in [0.1, 0.15) is 13.0 Å². The third-order valence-corrected chi connectivity index (χ3v) is 1.02. The number of thiocarbonyl (C=S) groups is 1. The molecule has 0 saturated carbocycles. The molecular weight excluding hydrogens is 166 g/mol. The molecular formula is C6H7NO3S. The summed E-state index contributed by atoms with van der Waals surface area (Å²) >= 11 is 4.23. The molecule has 0 rings (SSSR count). The summed E-state index contributed by atoms with van der Waals surface area (Å²) in [4.78, 5) is 24.5. The first-order valence-electron chi connectivity index (χ1n) is 2.83. The maximum atomic E-state index is 10.7. The largest absolute Gasteiger partial charge is 0.469 e. The van der Waals surface area contributed by atoms with Gasteiger partial charge in [0.15, 0.2) is 5.78 Å². The van der Waals surface area contributed by atoms with Crippen LogP contribution in [-0.2, 0) is 14.3 Å². The molecule has 0 aliphatic rings. The molecule has 60 valence electrons. The Morgan fingerprint density at radius 2 is 2.27 bits per heavy atom.